The average molecular weight is 444 g/mol. The Morgan fingerprint density at radius 3 is 2.91 bits per heavy atom. The Hall–Kier alpha value is -3.63. The lowest BCUT2D eigenvalue weighted by Gasteiger charge is -2.28. The maximum atomic E-state index is 13.2. The molecule has 0 bridgehead atoms. The van der Waals surface area contributed by atoms with Gasteiger partial charge in [0.05, 0.1) is 23.0 Å². The third-order valence-corrected chi connectivity index (χ3v) is 5.85. The highest BCUT2D eigenvalue weighted by Crippen LogP contribution is 2.34. The summed E-state index contributed by atoms with van der Waals surface area (Å²) in [6.07, 6.45) is -2.69. The van der Waals surface area contributed by atoms with Crippen LogP contribution in [0.5, 0.6) is 0 Å². The third-order valence-electron chi connectivity index (χ3n) is 5.85. The number of aromatic nitrogens is 3. The van der Waals surface area contributed by atoms with Crippen molar-refractivity contribution in [2.75, 3.05) is 18.4 Å². The normalized spacial score (nSPS) is 18.5. The van der Waals surface area contributed by atoms with E-state index >= 15 is 0 Å². The lowest BCUT2D eigenvalue weighted by Crippen LogP contribution is -2.48. The smallest absolute Gasteiger partial charge is 0.340 e. The molecule has 0 radical (unpaired) electrons. The Kier molecular flexibility index (Phi) is 4.75. The van der Waals surface area contributed by atoms with Crippen molar-refractivity contribution in [3.63, 3.8) is 0 Å². The minimum absolute atomic E-state index is 0.0486. The number of fused-ring (bicyclic) bond motifs is 2. The van der Waals surface area contributed by atoms with Gasteiger partial charge >= 0.3 is 6.18 Å². The molecule has 2 aromatic heterocycles. The molecule has 0 aliphatic carbocycles. The number of pyridine rings is 1. The molecular weight excluding hydrogens is 425 g/mol. The van der Waals surface area contributed by atoms with E-state index < -0.39 is 30.6 Å². The van der Waals surface area contributed by atoms with Crippen LogP contribution in [0.25, 0.3) is 11.0 Å². The Bertz CT molecular complexity index is 1210. The molecule has 3 aromatic rings. The van der Waals surface area contributed by atoms with Gasteiger partial charge in [-0.1, -0.05) is 12.1 Å². The van der Waals surface area contributed by atoms with Gasteiger partial charge < -0.3 is 15.1 Å². The lowest BCUT2D eigenvalue weighted by molar-refractivity contribution is -0.182. The van der Waals surface area contributed by atoms with Crippen LogP contribution in [0, 0.1) is 0 Å². The van der Waals surface area contributed by atoms with Crippen molar-refractivity contribution in [2.45, 2.75) is 31.6 Å². The number of likely N-dealkylation sites (tertiary alicyclic amines) is 1. The second kappa shape index (κ2) is 7.50. The van der Waals surface area contributed by atoms with Crippen molar-refractivity contribution < 1.29 is 22.8 Å². The van der Waals surface area contributed by atoms with Gasteiger partial charge in [-0.2, -0.15) is 18.3 Å². The summed E-state index contributed by atoms with van der Waals surface area (Å²) in [5, 5.41) is 9.87. The first kappa shape index (κ1) is 20.3. The van der Waals surface area contributed by atoms with E-state index in [-0.39, 0.29) is 19.5 Å². The average Bonchev–Trinajstić information content (AvgIpc) is 3.47. The molecule has 32 heavy (non-hydrogen) atoms. The zero-order valence-electron chi connectivity index (χ0n) is 16.8. The van der Waals surface area contributed by atoms with Gasteiger partial charge in [0, 0.05) is 13.1 Å². The SMILES string of the molecule is O=C1c2c(cccc2Nc2ccc3[nH]ncc3n2)CN1CC(=O)N1CCCC1C(F)(F)F. The number of anilines is 2. The molecule has 1 aromatic carbocycles. The predicted octanol–water partition coefficient (Wildman–Crippen LogP) is 3.21. The van der Waals surface area contributed by atoms with E-state index in [1.54, 1.807) is 36.5 Å². The van der Waals surface area contributed by atoms with Crippen molar-refractivity contribution in [2.24, 2.45) is 0 Å². The van der Waals surface area contributed by atoms with Gasteiger partial charge in [-0.15, -0.1) is 0 Å². The number of benzene rings is 1. The molecular formula is C21H19F3N6O2. The van der Waals surface area contributed by atoms with Crippen LogP contribution in [-0.4, -0.2) is 62.1 Å². The quantitative estimate of drug-likeness (QED) is 0.645. The number of nitrogens with zero attached hydrogens (tertiary/aromatic N) is 4. The number of H-pyrrole nitrogens is 1. The van der Waals surface area contributed by atoms with Crippen LogP contribution in [0.4, 0.5) is 24.7 Å². The van der Waals surface area contributed by atoms with Gasteiger partial charge in [0.1, 0.15) is 23.9 Å². The molecule has 2 aliphatic rings. The summed E-state index contributed by atoms with van der Waals surface area (Å²) in [5.74, 6) is -0.573. The van der Waals surface area contributed by atoms with Crippen LogP contribution in [0.1, 0.15) is 28.8 Å². The van der Waals surface area contributed by atoms with Gasteiger partial charge in [-0.05, 0) is 36.6 Å². The number of amides is 2. The van der Waals surface area contributed by atoms with Gasteiger partial charge in [-0.3, -0.25) is 14.7 Å². The van der Waals surface area contributed by atoms with Gasteiger partial charge in [0.15, 0.2) is 0 Å². The number of halogens is 3. The van der Waals surface area contributed by atoms with Crippen LogP contribution >= 0.6 is 0 Å². The molecule has 2 amide bonds. The zero-order valence-corrected chi connectivity index (χ0v) is 16.8. The fourth-order valence-electron chi connectivity index (χ4n) is 4.35. The first-order valence-electron chi connectivity index (χ1n) is 10.2. The highest BCUT2D eigenvalue weighted by molar-refractivity contribution is 6.05. The van der Waals surface area contributed by atoms with Crippen LogP contribution < -0.4 is 5.32 Å². The fourth-order valence-corrected chi connectivity index (χ4v) is 4.35. The minimum atomic E-state index is -4.47. The molecule has 0 saturated carbocycles. The number of rotatable bonds is 4. The summed E-state index contributed by atoms with van der Waals surface area (Å²) < 4.78 is 39.7. The fraction of sp³-hybridized carbons (Fsp3) is 0.333. The molecule has 166 valence electrons. The van der Waals surface area contributed by atoms with Gasteiger partial charge in [-0.25, -0.2) is 4.98 Å². The van der Waals surface area contributed by atoms with Gasteiger partial charge in [0.25, 0.3) is 5.91 Å². The number of carbonyl (C=O) groups excluding carboxylic acids is 2. The van der Waals surface area contributed by atoms with E-state index in [1.807, 2.05) is 0 Å². The molecule has 2 N–H and O–H groups in total. The summed E-state index contributed by atoms with van der Waals surface area (Å²) in [5.41, 5.74) is 3.04. The molecule has 0 spiro atoms. The molecule has 5 rings (SSSR count). The third kappa shape index (κ3) is 3.53. The highest BCUT2D eigenvalue weighted by Gasteiger charge is 2.48. The summed E-state index contributed by atoms with van der Waals surface area (Å²) in [7, 11) is 0. The minimum Gasteiger partial charge on any atom is -0.340 e. The molecule has 11 heteroatoms. The number of nitrogens with one attached hydrogen (secondary N) is 2. The maximum Gasteiger partial charge on any atom is 0.408 e. The molecule has 1 unspecified atom stereocenters. The summed E-state index contributed by atoms with van der Waals surface area (Å²) in [4.78, 5) is 32.3. The Labute approximate surface area is 180 Å². The van der Waals surface area contributed by atoms with Crippen molar-refractivity contribution in [3.8, 4) is 0 Å². The van der Waals surface area contributed by atoms with E-state index in [0.717, 1.165) is 10.4 Å². The first-order chi connectivity index (χ1) is 15.3. The zero-order chi connectivity index (χ0) is 22.5. The van der Waals surface area contributed by atoms with Crippen molar-refractivity contribution in [1.29, 1.82) is 0 Å². The molecule has 1 atom stereocenters. The van der Waals surface area contributed by atoms with E-state index in [0.29, 0.717) is 34.6 Å². The topological polar surface area (TPSA) is 94.2 Å². The van der Waals surface area contributed by atoms with E-state index in [9.17, 15) is 22.8 Å². The van der Waals surface area contributed by atoms with E-state index in [1.165, 1.54) is 4.90 Å². The number of hydrogen-bond acceptors (Lipinski definition) is 5. The predicted molar refractivity (Wildman–Crippen MR) is 109 cm³/mol. The molecule has 1 saturated heterocycles. The van der Waals surface area contributed by atoms with Crippen molar-refractivity contribution in [1.82, 2.24) is 25.0 Å². The van der Waals surface area contributed by atoms with Crippen LogP contribution in [0.2, 0.25) is 0 Å². The van der Waals surface area contributed by atoms with Gasteiger partial charge in [0.2, 0.25) is 5.91 Å². The second-order valence-corrected chi connectivity index (χ2v) is 7.91. The van der Waals surface area contributed by atoms with E-state index in [2.05, 4.69) is 20.5 Å². The highest BCUT2D eigenvalue weighted by atomic mass is 19.4. The number of carbonyl (C=O) groups is 2. The first-order valence-corrected chi connectivity index (χ1v) is 10.2. The van der Waals surface area contributed by atoms with E-state index in [4.69, 9.17) is 0 Å². The Balaban J connectivity index is 1.34. The Morgan fingerprint density at radius 1 is 1.25 bits per heavy atom. The maximum absolute atomic E-state index is 13.2. The Morgan fingerprint density at radius 2 is 2.09 bits per heavy atom. The molecule has 4 heterocycles. The standard InChI is InChI=1S/C21H19F3N6O2/c22-21(23,24)16-5-2-8-30(16)18(31)11-29-10-12-3-1-4-14(19(12)20(29)32)26-17-7-6-13-15(27-17)9-25-28-13/h1,3-4,6-7,9,16H,2,5,8,10-11H2,(H,25,28)(H,26,27). The molecule has 8 nitrogen and oxygen atoms in total. The molecule has 2 aliphatic heterocycles. The van der Waals surface area contributed by atoms with Crippen LogP contribution in [0.3, 0.4) is 0 Å². The van der Waals surface area contributed by atoms with Crippen molar-refractivity contribution in [3.05, 3.63) is 47.7 Å². The number of alkyl halides is 3. The monoisotopic (exact) mass is 444 g/mol. The summed E-state index contributed by atoms with van der Waals surface area (Å²) in [6, 6.07) is 7.03. The van der Waals surface area contributed by atoms with Crippen LogP contribution in [0.15, 0.2) is 36.5 Å². The lowest BCUT2D eigenvalue weighted by atomic mass is 10.1. The second-order valence-electron chi connectivity index (χ2n) is 7.91. The molecule has 1 fully saturated rings. The van der Waals surface area contributed by atoms with Crippen LogP contribution in [-0.2, 0) is 11.3 Å². The number of hydrogen-bond donors (Lipinski definition) is 2. The summed E-state index contributed by atoms with van der Waals surface area (Å²) in [6.45, 7) is -0.181. The van der Waals surface area contributed by atoms with Crippen molar-refractivity contribution >= 4 is 34.4 Å². The summed E-state index contributed by atoms with van der Waals surface area (Å²) >= 11 is 0. The largest absolute Gasteiger partial charge is 0.408 e. The number of aromatic amines is 1.